The number of rotatable bonds is 4. The van der Waals surface area contributed by atoms with E-state index in [2.05, 4.69) is 5.32 Å². The number of carbonyl (C=O) groups excluding carboxylic acids is 3. The molecule has 1 unspecified atom stereocenters. The minimum absolute atomic E-state index is 0.00810. The zero-order valence-electron chi connectivity index (χ0n) is 14.8. The van der Waals surface area contributed by atoms with Crippen molar-refractivity contribution in [3.05, 3.63) is 0 Å². The van der Waals surface area contributed by atoms with Crippen molar-refractivity contribution in [1.82, 2.24) is 15.1 Å². The zero-order valence-corrected chi connectivity index (χ0v) is 14.8. The third kappa shape index (κ3) is 6.61. The third-order valence-corrected chi connectivity index (χ3v) is 3.30. The fraction of sp³-hybridized carbons (Fsp3) is 0.800. The third-order valence-electron chi connectivity index (χ3n) is 3.30. The van der Waals surface area contributed by atoms with E-state index in [1.807, 2.05) is 0 Å². The Kier molecular flexibility index (Phi) is 7.27. The molecule has 1 aliphatic rings. The van der Waals surface area contributed by atoms with E-state index in [0.717, 1.165) is 0 Å². The SMILES string of the molecule is CCOC(=O)N1CCN(C(=O)C(N)CNC(=O)OC(C)(C)C)CC1. The van der Waals surface area contributed by atoms with Crippen LogP contribution in [0.25, 0.3) is 0 Å². The van der Waals surface area contributed by atoms with Gasteiger partial charge in [-0.2, -0.15) is 0 Å². The van der Waals surface area contributed by atoms with E-state index >= 15 is 0 Å². The second kappa shape index (κ2) is 8.72. The van der Waals surface area contributed by atoms with Gasteiger partial charge in [0.2, 0.25) is 5.91 Å². The Morgan fingerprint density at radius 2 is 1.67 bits per heavy atom. The van der Waals surface area contributed by atoms with Gasteiger partial charge in [0.05, 0.1) is 6.61 Å². The average molecular weight is 344 g/mol. The van der Waals surface area contributed by atoms with Crippen LogP contribution in [0.15, 0.2) is 0 Å². The lowest BCUT2D eigenvalue weighted by atomic mass is 10.2. The Labute approximate surface area is 142 Å². The van der Waals surface area contributed by atoms with Crippen molar-refractivity contribution in [2.75, 3.05) is 39.3 Å². The van der Waals surface area contributed by atoms with Crippen molar-refractivity contribution < 1.29 is 23.9 Å². The molecule has 1 rings (SSSR count). The summed E-state index contributed by atoms with van der Waals surface area (Å²) in [5.41, 5.74) is 5.23. The molecule has 0 aromatic carbocycles. The van der Waals surface area contributed by atoms with Crippen molar-refractivity contribution in [3.63, 3.8) is 0 Å². The largest absolute Gasteiger partial charge is 0.450 e. The highest BCUT2D eigenvalue weighted by Gasteiger charge is 2.28. The number of hydrogen-bond acceptors (Lipinski definition) is 6. The van der Waals surface area contributed by atoms with Gasteiger partial charge in [-0.25, -0.2) is 9.59 Å². The zero-order chi connectivity index (χ0) is 18.3. The highest BCUT2D eigenvalue weighted by molar-refractivity contribution is 5.83. The molecule has 1 saturated heterocycles. The molecule has 0 bridgehead atoms. The lowest BCUT2D eigenvalue weighted by Gasteiger charge is -2.35. The summed E-state index contributed by atoms with van der Waals surface area (Å²) < 4.78 is 10.0. The number of nitrogens with two attached hydrogens (primary N) is 1. The van der Waals surface area contributed by atoms with Gasteiger partial charge in [-0.15, -0.1) is 0 Å². The van der Waals surface area contributed by atoms with E-state index in [1.165, 1.54) is 0 Å². The topological polar surface area (TPSA) is 114 Å². The highest BCUT2D eigenvalue weighted by Crippen LogP contribution is 2.07. The maximum Gasteiger partial charge on any atom is 0.409 e. The van der Waals surface area contributed by atoms with Crippen molar-refractivity contribution in [2.24, 2.45) is 5.73 Å². The summed E-state index contributed by atoms with van der Waals surface area (Å²) >= 11 is 0. The maximum absolute atomic E-state index is 12.3. The summed E-state index contributed by atoms with van der Waals surface area (Å²) in [6.07, 6.45) is -0.988. The van der Waals surface area contributed by atoms with E-state index < -0.39 is 17.7 Å². The highest BCUT2D eigenvalue weighted by atomic mass is 16.6. The molecule has 0 spiro atoms. The quantitative estimate of drug-likeness (QED) is 0.750. The predicted octanol–water partition coefficient (Wildman–Crippen LogP) is 0.139. The lowest BCUT2D eigenvalue weighted by molar-refractivity contribution is -0.134. The van der Waals surface area contributed by atoms with Crippen molar-refractivity contribution in [3.8, 4) is 0 Å². The fourth-order valence-electron chi connectivity index (χ4n) is 2.15. The molecular weight excluding hydrogens is 316 g/mol. The van der Waals surface area contributed by atoms with Crippen LogP contribution in [0.5, 0.6) is 0 Å². The van der Waals surface area contributed by atoms with Crippen LogP contribution in [0.4, 0.5) is 9.59 Å². The molecular formula is C15H28N4O5. The van der Waals surface area contributed by atoms with E-state index in [9.17, 15) is 14.4 Å². The van der Waals surface area contributed by atoms with Crippen LogP contribution >= 0.6 is 0 Å². The van der Waals surface area contributed by atoms with Gasteiger partial charge in [-0.1, -0.05) is 0 Å². The van der Waals surface area contributed by atoms with Gasteiger partial charge >= 0.3 is 12.2 Å². The van der Waals surface area contributed by atoms with Crippen molar-refractivity contribution >= 4 is 18.1 Å². The molecule has 1 heterocycles. The molecule has 0 saturated carbocycles. The molecule has 138 valence electrons. The first-order valence-electron chi connectivity index (χ1n) is 8.07. The average Bonchev–Trinajstić information content (AvgIpc) is 2.50. The standard InChI is InChI=1S/C15H28N4O5/c1-5-23-14(22)19-8-6-18(7-9-19)12(20)11(16)10-17-13(21)24-15(2,3)4/h11H,5-10,16H2,1-4H3,(H,17,21). The van der Waals surface area contributed by atoms with Crippen LogP contribution in [0, 0.1) is 0 Å². The number of ether oxygens (including phenoxy) is 2. The molecule has 3 N–H and O–H groups in total. The number of alkyl carbamates (subject to hydrolysis) is 1. The minimum Gasteiger partial charge on any atom is -0.450 e. The summed E-state index contributed by atoms with van der Waals surface area (Å²) in [5.74, 6) is -0.269. The van der Waals surface area contributed by atoms with Gasteiger partial charge in [0.15, 0.2) is 0 Å². The van der Waals surface area contributed by atoms with Gasteiger partial charge < -0.3 is 30.3 Å². The second-order valence-electron chi connectivity index (χ2n) is 6.50. The summed E-state index contributed by atoms with van der Waals surface area (Å²) in [5, 5.41) is 2.48. The minimum atomic E-state index is -0.855. The van der Waals surface area contributed by atoms with Crippen LogP contribution in [-0.4, -0.2) is 78.9 Å². The van der Waals surface area contributed by atoms with Gasteiger partial charge in [0, 0.05) is 32.7 Å². The monoisotopic (exact) mass is 344 g/mol. The molecule has 24 heavy (non-hydrogen) atoms. The fourth-order valence-corrected chi connectivity index (χ4v) is 2.15. The smallest absolute Gasteiger partial charge is 0.409 e. The Hall–Kier alpha value is -2.03. The van der Waals surface area contributed by atoms with Crippen molar-refractivity contribution in [1.29, 1.82) is 0 Å². The molecule has 1 aliphatic heterocycles. The number of hydrogen-bond donors (Lipinski definition) is 2. The number of piperazine rings is 1. The van der Waals surface area contributed by atoms with Crippen LogP contribution in [0.1, 0.15) is 27.7 Å². The summed E-state index contributed by atoms with van der Waals surface area (Å²) in [7, 11) is 0. The molecule has 0 aromatic heterocycles. The molecule has 9 nitrogen and oxygen atoms in total. The first kappa shape index (κ1) is 20.0. The Morgan fingerprint density at radius 3 is 2.17 bits per heavy atom. The van der Waals surface area contributed by atoms with E-state index in [0.29, 0.717) is 32.8 Å². The second-order valence-corrected chi connectivity index (χ2v) is 6.50. The summed E-state index contributed by atoms with van der Waals surface area (Å²) in [4.78, 5) is 38.6. The molecule has 3 amide bonds. The number of nitrogens with zero attached hydrogens (tertiary/aromatic N) is 2. The van der Waals surface area contributed by atoms with Gasteiger partial charge in [-0.05, 0) is 27.7 Å². The van der Waals surface area contributed by atoms with Crippen LogP contribution in [-0.2, 0) is 14.3 Å². The first-order chi connectivity index (χ1) is 11.1. The van der Waals surface area contributed by atoms with Crippen LogP contribution in [0.2, 0.25) is 0 Å². The molecule has 0 aliphatic carbocycles. The Balaban J connectivity index is 2.37. The van der Waals surface area contributed by atoms with Crippen LogP contribution < -0.4 is 11.1 Å². The Morgan fingerprint density at radius 1 is 1.12 bits per heavy atom. The van der Waals surface area contributed by atoms with Crippen molar-refractivity contribution in [2.45, 2.75) is 39.3 Å². The first-order valence-corrected chi connectivity index (χ1v) is 8.07. The molecule has 0 radical (unpaired) electrons. The molecule has 1 fully saturated rings. The van der Waals surface area contributed by atoms with E-state index in [4.69, 9.17) is 15.2 Å². The number of amides is 3. The molecule has 0 aromatic rings. The lowest BCUT2D eigenvalue weighted by Crippen LogP contribution is -2.56. The molecule has 9 heteroatoms. The van der Waals surface area contributed by atoms with Gasteiger partial charge in [-0.3, -0.25) is 4.79 Å². The summed E-state index contributed by atoms with van der Waals surface area (Å²) in [6, 6.07) is -0.855. The normalized spacial score (nSPS) is 16.4. The number of nitrogens with one attached hydrogen (secondary N) is 1. The van der Waals surface area contributed by atoms with Gasteiger partial charge in [0.1, 0.15) is 11.6 Å². The van der Waals surface area contributed by atoms with Crippen LogP contribution in [0.3, 0.4) is 0 Å². The Bertz CT molecular complexity index is 455. The predicted molar refractivity (Wildman–Crippen MR) is 87.4 cm³/mol. The summed E-state index contributed by atoms with van der Waals surface area (Å²) in [6.45, 7) is 8.88. The van der Waals surface area contributed by atoms with E-state index in [1.54, 1.807) is 37.5 Å². The van der Waals surface area contributed by atoms with E-state index in [-0.39, 0.29) is 18.5 Å². The van der Waals surface area contributed by atoms with Gasteiger partial charge in [0.25, 0.3) is 0 Å². The number of carbonyl (C=O) groups is 3. The maximum atomic E-state index is 12.3. The molecule has 1 atom stereocenters.